The predicted octanol–water partition coefficient (Wildman–Crippen LogP) is 6.85. The van der Waals surface area contributed by atoms with Gasteiger partial charge in [-0.3, -0.25) is 4.90 Å². The Kier molecular flexibility index (Phi) is 8.23. The summed E-state index contributed by atoms with van der Waals surface area (Å²) in [6, 6.07) is 14.1. The Morgan fingerprint density at radius 2 is 1.94 bits per heavy atom. The van der Waals surface area contributed by atoms with Crippen molar-refractivity contribution in [2.75, 3.05) is 26.3 Å². The van der Waals surface area contributed by atoms with Gasteiger partial charge in [-0.25, -0.2) is 14.8 Å². The highest BCUT2D eigenvalue weighted by Gasteiger charge is 2.40. The number of rotatable bonds is 7. The summed E-state index contributed by atoms with van der Waals surface area (Å²) in [5.74, 6) is 2.14. The zero-order valence-corrected chi connectivity index (χ0v) is 28.1. The molecule has 3 aromatic carbocycles. The smallest absolute Gasteiger partial charge is 0.410 e. The lowest BCUT2D eigenvalue weighted by atomic mass is 9.92. The van der Waals surface area contributed by atoms with Crippen LogP contribution < -0.4 is 10.1 Å². The molecule has 4 atom stereocenters. The van der Waals surface area contributed by atoms with Crippen LogP contribution >= 0.6 is 0 Å². The number of ether oxygens (including phenoxy) is 3. The molecule has 2 saturated heterocycles. The maximum atomic E-state index is 13.2. The van der Waals surface area contributed by atoms with Crippen molar-refractivity contribution in [3.63, 3.8) is 0 Å². The number of carbonyl (C=O) groups is 1. The molecule has 0 saturated carbocycles. The van der Waals surface area contributed by atoms with Crippen LogP contribution in [0.25, 0.3) is 44.2 Å². The van der Waals surface area contributed by atoms with E-state index < -0.39 is 24.3 Å². The molecule has 5 aromatic rings. The summed E-state index contributed by atoms with van der Waals surface area (Å²) >= 11 is 0. The van der Waals surface area contributed by atoms with E-state index in [1.54, 1.807) is 25.7 Å². The summed E-state index contributed by atoms with van der Waals surface area (Å²) in [5, 5.41) is 14.9. The van der Waals surface area contributed by atoms with Crippen molar-refractivity contribution in [1.29, 1.82) is 0 Å². The van der Waals surface area contributed by atoms with Crippen molar-refractivity contribution < 1.29 is 32.9 Å². The zero-order valence-electron chi connectivity index (χ0n) is 28.1. The average Bonchev–Trinajstić information content (AvgIpc) is 3.90. The number of carbonyl (C=O) groups excluding carboxylic acids is 1. The van der Waals surface area contributed by atoms with Gasteiger partial charge in [0, 0.05) is 36.6 Å². The fraction of sp³-hybridized carbons (Fsp3) is 0.432. The van der Waals surface area contributed by atoms with Gasteiger partial charge in [0.1, 0.15) is 29.6 Å². The highest BCUT2D eigenvalue weighted by Crippen LogP contribution is 2.43. The third-order valence-corrected chi connectivity index (χ3v) is 9.88. The lowest BCUT2D eigenvalue weighted by Gasteiger charge is -2.27. The molecule has 262 valence electrons. The van der Waals surface area contributed by atoms with Gasteiger partial charge in [-0.2, -0.15) is 8.78 Å². The number of alkyl halides is 2. The fourth-order valence-electron chi connectivity index (χ4n) is 7.49. The van der Waals surface area contributed by atoms with Gasteiger partial charge in [0.2, 0.25) is 0 Å². The molecule has 4 N–H and O–H groups in total. The van der Waals surface area contributed by atoms with Crippen molar-refractivity contribution >= 4 is 27.9 Å². The Bertz CT molecular complexity index is 2070. The summed E-state index contributed by atoms with van der Waals surface area (Å²) in [6.45, 7) is 3.90. The van der Waals surface area contributed by atoms with Crippen LogP contribution in [-0.4, -0.2) is 74.6 Å². The minimum atomic E-state index is -2.88. The van der Waals surface area contributed by atoms with Crippen molar-refractivity contribution in [3.05, 3.63) is 65.9 Å². The first-order valence-electron chi connectivity index (χ1n) is 17.0. The van der Waals surface area contributed by atoms with Crippen LogP contribution in [0.4, 0.5) is 13.6 Å². The van der Waals surface area contributed by atoms with Crippen LogP contribution in [0.15, 0.2) is 48.7 Å². The van der Waals surface area contributed by atoms with E-state index in [2.05, 4.69) is 49.3 Å². The summed E-state index contributed by atoms with van der Waals surface area (Å²) in [6.07, 6.45) is 2.59. The first-order chi connectivity index (χ1) is 24.0. The van der Waals surface area contributed by atoms with Crippen LogP contribution in [0.3, 0.4) is 0 Å². The normalized spacial score (nSPS) is 21.9. The van der Waals surface area contributed by atoms with Gasteiger partial charge in [0.05, 0.1) is 41.6 Å². The van der Waals surface area contributed by atoms with Gasteiger partial charge in [-0.15, -0.1) is 0 Å². The minimum absolute atomic E-state index is 0.103. The van der Waals surface area contributed by atoms with Crippen LogP contribution in [0, 0.1) is 11.8 Å². The molecule has 0 unspecified atom stereocenters. The number of amides is 1. The van der Waals surface area contributed by atoms with Gasteiger partial charge in [-0.05, 0) is 85.9 Å². The molecule has 1 amide bonds. The summed E-state index contributed by atoms with van der Waals surface area (Å²) in [5.41, 5.74) is 5.93. The van der Waals surface area contributed by atoms with Gasteiger partial charge in [0.15, 0.2) is 0 Å². The molecule has 3 aliphatic rings. The van der Waals surface area contributed by atoms with Crippen LogP contribution in [-0.2, 0) is 16.1 Å². The number of fused-ring (bicyclic) bond motifs is 6. The molecule has 11 nitrogen and oxygen atoms in total. The number of aliphatic hydroxyl groups is 1. The Labute approximate surface area is 287 Å². The lowest BCUT2D eigenvalue weighted by molar-refractivity contribution is -0.137. The van der Waals surface area contributed by atoms with Gasteiger partial charge in [-0.1, -0.05) is 18.2 Å². The predicted molar refractivity (Wildman–Crippen MR) is 183 cm³/mol. The Balaban J connectivity index is 1.08. The number of aromatic nitrogens is 4. The molecule has 0 bridgehead atoms. The van der Waals surface area contributed by atoms with Crippen LogP contribution in [0.2, 0.25) is 0 Å². The second-order valence-corrected chi connectivity index (χ2v) is 14.6. The first kappa shape index (κ1) is 32.6. The number of hydrogen-bond acceptors (Lipinski definition) is 8. The quantitative estimate of drug-likeness (QED) is 0.146. The molecule has 3 aliphatic heterocycles. The third kappa shape index (κ3) is 6.18. The number of halogens is 2. The number of aliphatic hydroxyl groups excluding tert-OH is 1. The second kappa shape index (κ2) is 12.6. The number of likely N-dealkylation sites (tertiary alicyclic amines) is 1. The second-order valence-electron chi connectivity index (χ2n) is 14.6. The fourth-order valence-corrected chi connectivity index (χ4v) is 7.49. The van der Waals surface area contributed by atoms with Gasteiger partial charge < -0.3 is 34.6 Å². The van der Waals surface area contributed by atoms with E-state index in [-0.39, 0.29) is 37.6 Å². The van der Waals surface area contributed by atoms with Gasteiger partial charge in [0.25, 0.3) is 0 Å². The highest BCUT2D eigenvalue weighted by atomic mass is 19.3. The molecule has 0 radical (unpaired) electrons. The molecule has 8 rings (SSSR count). The molecule has 0 spiro atoms. The number of nitrogens with zero attached hydrogens (tertiary/aromatic N) is 3. The number of aromatic amines is 2. The molecule has 13 heteroatoms. The minimum Gasteiger partial charge on any atom is -0.488 e. The maximum absolute atomic E-state index is 13.2. The van der Waals surface area contributed by atoms with E-state index in [4.69, 9.17) is 14.5 Å². The van der Waals surface area contributed by atoms with E-state index >= 15 is 0 Å². The molecule has 50 heavy (non-hydrogen) atoms. The topological polar surface area (TPSA) is 138 Å². The van der Waals surface area contributed by atoms with Crippen molar-refractivity contribution in [1.82, 2.24) is 30.2 Å². The van der Waals surface area contributed by atoms with Crippen molar-refractivity contribution in [2.45, 2.75) is 64.5 Å². The molecule has 0 aliphatic carbocycles. The average molecular weight is 687 g/mol. The van der Waals surface area contributed by atoms with E-state index in [0.29, 0.717) is 18.9 Å². The van der Waals surface area contributed by atoms with Crippen LogP contribution in [0.5, 0.6) is 5.75 Å². The largest absolute Gasteiger partial charge is 0.488 e. The maximum Gasteiger partial charge on any atom is 0.410 e. The summed E-state index contributed by atoms with van der Waals surface area (Å²) in [7, 11) is 0. The summed E-state index contributed by atoms with van der Waals surface area (Å²) < 4.78 is 42.4. The Hall–Kier alpha value is -4.59. The number of hydrogen-bond donors (Lipinski definition) is 4. The monoisotopic (exact) mass is 686 g/mol. The van der Waals surface area contributed by atoms with Crippen molar-refractivity contribution in [3.8, 4) is 28.1 Å². The SMILES string of the molecule is CC(C)(C)OC(=O)N1C[C@@H](COC(F)F)C[C@H]1c1nc2ccc3cc4c(cc3c2[nH]1)OCc1cc(-c2cnc([C@@H]3C[C@H](CO)CN3)[nH]2)ccc1-4. The van der Waals surface area contributed by atoms with E-state index in [0.717, 1.165) is 74.3 Å². The molecular weight excluding hydrogens is 646 g/mol. The Morgan fingerprint density at radius 3 is 2.72 bits per heavy atom. The Morgan fingerprint density at radius 1 is 1.08 bits per heavy atom. The number of benzene rings is 3. The molecular formula is C37H40F2N6O5. The highest BCUT2D eigenvalue weighted by molar-refractivity contribution is 6.07. The zero-order chi connectivity index (χ0) is 34.7. The van der Waals surface area contributed by atoms with E-state index in [9.17, 15) is 18.7 Å². The van der Waals surface area contributed by atoms with Gasteiger partial charge >= 0.3 is 12.7 Å². The molecule has 2 fully saturated rings. The number of H-pyrrole nitrogens is 2. The van der Waals surface area contributed by atoms with E-state index in [1.807, 2.05) is 24.4 Å². The standard InChI is InChI=1S/C37H40F2N6O5/c1-37(2,3)50-36(47)45-15-20(17-49-35(38)39)9-30(45)34-42-27-7-5-21-11-26-24-6-4-22(10-23(24)18-48-31(26)12-25(21)32(27)44-34)29-14-41-33(43-29)28-8-19(16-46)13-40-28/h4-7,10-12,14,19-20,28,30,35,40,46H,8-9,13,15-18H2,1-3H3,(H,41,43)(H,42,44)/t19-,20-,28-,30-/m0/s1. The number of imidazole rings is 2. The van der Waals surface area contributed by atoms with E-state index in [1.165, 1.54) is 0 Å². The third-order valence-electron chi connectivity index (χ3n) is 9.88. The van der Waals surface area contributed by atoms with Crippen LogP contribution in [0.1, 0.15) is 62.9 Å². The summed E-state index contributed by atoms with van der Waals surface area (Å²) in [4.78, 5) is 31.2. The molecule has 5 heterocycles. The van der Waals surface area contributed by atoms with Crippen molar-refractivity contribution in [2.24, 2.45) is 11.8 Å². The first-order valence-corrected chi connectivity index (χ1v) is 17.0. The lowest BCUT2D eigenvalue weighted by Crippen LogP contribution is -2.37. The molecule has 2 aromatic heterocycles. The number of nitrogens with one attached hydrogen (secondary N) is 3.